The third kappa shape index (κ3) is 4.79. The second-order valence-electron chi connectivity index (χ2n) is 6.26. The van der Waals surface area contributed by atoms with Crippen LogP contribution < -0.4 is 25.6 Å². The summed E-state index contributed by atoms with van der Waals surface area (Å²) in [4.78, 5) is 37.6. The monoisotopic (exact) mass is 382 g/mol. The lowest BCUT2D eigenvalue weighted by atomic mass is 10.2. The van der Waals surface area contributed by atoms with E-state index in [-0.39, 0.29) is 30.8 Å². The van der Waals surface area contributed by atoms with Gasteiger partial charge in [-0.3, -0.25) is 14.5 Å². The fourth-order valence-corrected chi connectivity index (χ4v) is 2.85. The van der Waals surface area contributed by atoms with Crippen LogP contribution in [0.5, 0.6) is 5.75 Å². The number of carbonyl (C=O) groups excluding carboxylic acids is 3. The van der Waals surface area contributed by atoms with Gasteiger partial charge in [-0.05, 0) is 42.8 Å². The third-order valence-corrected chi connectivity index (χ3v) is 4.25. The topological polar surface area (TPSA) is 99.8 Å². The summed E-state index contributed by atoms with van der Waals surface area (Å²) in [6.45, 7) is 0.288. The Balaban J connectivity index is 1.44. The summed E-state index contributed by atoms with van der Waals surface area (Å²) < 4.78 is 5.07. The van der Waals surface area contributed by atoms with Crippen LogP contribution >= 0.6 is 0 Å². The van der Waals surface area contributed by atoms with Crippen molar-refractivity contribution in [1.29, 1.82) is 0 Å². The number of urea groups is 1. The molecule has 3 rings (SSSR count). The molecule has 3 N–H and O–H groups in total. The number of anilines is 3. The van der Waals surface area contributed by atoms with E-state index in [2.05, 4.69) is 16.0 Å². The van der Waals surface area contributed by atoms with Crippen LogP contribution in [0.3, 0.4) is 0 Å². The van der Waals surface area contributed by atoms with E-state index in [1.165, 1.54) is 4.90 Å². The first-order chi connectivity index (χ1) is 13.6. The summed E-state index contributed by atoms with van der Waals surface area (Å²) in [6.07, 6.45) is 0.749. The molecule has 0 bridgehead atoms. The van der Waals surface area contributed by atoms with Crippen molar-refractivity contribution in [2.75, 3.05) is 35.7 Å². The van der Waals surface area contributed by atoms with Crippen molar-refractivity contribution in [3.63, 3.8) is 0 Å². The van der Waals surface area contributed by atoms with Gasteiger partial charge in [0.15, 0.2) is 0 Å². The first-order valence-corrected chi connectivity index (χ1v) is 8.95. The number of amides is 4. The molecule has 4 amide bonds. The molecule has 8 heteroatoms. The maximum absolute atomic E-state index is 12.4. The number of nitrogens with zero attached hydrogens (tertiary/aromatic N) is 1. The van der Waals surface area contributed by atoms with Gasteiger partial charge in [0.2, 0.25) is 11.8 Å². The lowest BCUT2D eigenvalue weighted by molar-refractivity contribution is -0.116. The van der Waals surface area contributed by atoms with Crippen molar-refractivity contribution in [2.24, 2.45) is 0 Å². The van der Waals surface area contributed by atoms with Crippen molar-refractivity contribution in [3.05, 3.63) is 48.5 Å². The largest absolute Gasteiger partial charge is 0.497 e. The fraction of sp³-hybridized carbons (Fsp3) is 0.250. The van der Waals surface area contributed by atoms with Gasteiger partial charge in [0.1, 0.15) is 12.3 Å². The highest BCUT2D eigenvalue weighted by atomic mass is 16.5. The minimum absolute atomic E-state index is 0.0409. The first-order valence-electron chi connectivity index (χ1n) is 8.95. The van der Waals surface area contributed by atoms with Crippen LogP contribution in [0.25, 0.3) is 0 Å². The minimum atomic E-state index is -0.363. The van der Waals surface area contributed by atoms with E-state index in [0.29, 0.717) is 35.8 Å². The van der Waals surface area contributed by atoms with E-state index in [0.717, 1.165) is 0 Å². The normalized spacial score (nSPS) is 12.6. The Labute approximate surface area is 162 Å². The molecule has 0 fully saturated rings. The Hall–Kier alpha value is -3.55. The van der Waals surface area contributed by atoms with Crippen LogP contribution in [0, 0.1) is 0 Å². The molecule has 0 aliphatic carbocycles. The summed E-state index contributed by atoms with van der Waals surface area (Å²) in [5.74, 6) is 0.337. The number of ether oxygens (including phenoxy) is 1. The van der Waals surface area contributed by atoms with Crippen molar-refractivity contribution >= 4 is 34.9 Å². The Morgan fingerprint density at radius 2 is 1.89 bits per heavy atom. The highest BCUT2D eigenvalue weighted by molar-refractivity contribution is 6.09. The standard InChI is InChI=1S/C20H22N4O4/c1-28-15-10-8-14(9-11-15)22-18(25)7-4-12-21-20(27)24-13-19(26)23-16-5-2-3-6-17(16)24/h2-3,5-6,8-11H,4,7,12-13H2,1H3,(H,21,27)(H,22,25)(H,23,26). The zero-order chi connectivity index (χ0) is 19.9. The molecule has 0 saturated heterocycles. The molecule has 28 heavy (non-hydrogen) atoms. The van der Waals surface area contributed by atoms with Crippen LogP contribution in [0.15, 0.2) is 48.5 Å². The SMILES string of the molecule is COc1ccc(NC(=O)CCCNC(=O)N2CC(=O)Nc3ccccc32)cc1. The number of para-hydroxylation sites is 2. The van der Waals surface area contributed by atoms with Gasteiger partial charge < -0.3 is 20.7 Å². The second kappa shape index (κ2) is 8.90. The molecular formula is C20H22N4O4. The zero-order valence-electron chi connectivity index (χ0n) is 15.5. The molecule has 0 radical (unpaired) electrons. The summed E-state index contributed by atoms with van der Waals surface area (Å²) >= 11 is 0. The Morgan fingerprint density at radius 1 is 1.14 bits per heavy atom. The molecule has 1 aliphatic rings. The number of fused-ring (bicyclic) bond motifs is 1. The number of nitrogens with one attached hydrogen (secondary N) is 3. The van der Waals surface area contributed by atoms with Gasteiger partial charge >= 0.3 is 6.03 Å². The van der Waals surface area contributed by atoms with E-state index >= 15 is 0 Å². The van der Waals surface area contributed by atoms with Gasteiger partial charge in [-0.1, -0.05) is 12.1 Å². The van der Waals surface area contributed by atoms with E-state index in [1.54, 1.807) is 55.6 Å². The molecule has 1 aliphatic heterocycles. The number of carbonyl (C=O) groups is 3. The summed E-state index contributed by atoms with van der Waals surface area (Å²) in [5, 5.41) is 8.29. The number of hydrogen-bond donors (Lipinski definition) is 3. The summed E-state index contributed by atoms with van der Waals surface area (Å²) in [7, 11) is 1.58. The van der Waals surface area contributed by atoms with Gasteiger partial charge in [0.25, 0.3) is 0 Å². The molecule has 0 spiro atoms. The van der Waals surface area contributed by atoms with Crippen LogP contribution in [-0.4, -0.2) is 38.0 Å². The Kier molecular flexibility index (Phi) is 6.11. The highest BCUT2D eigenvalue weighted by Crippen LogP contribution is 2.28. The molecule has 2 aromatic rings. The molecule has 0 atom stereocenters. The van der Waals surface area contributed by atoms with Crippen LogP contribution in [0.4, 0.5) is 21.9 Å². The maximum atomic E-state index is 12.4. The second-order valence-corrected chi connectivity index (χ2v) is 6.26. The summed E-state index contributed by atoms with van der Waals surface area (Å²) in [6, 6.07) is 13.8. The molecule has 0 unspecified atom stereocenters. The van der Waals surface area contributed by atoms with Crippen molar-refractivity contribution < 1.29 is 19.1 Å². The van der Waals surface area contributed by atoms with E-state index < -0.39 is 0 Å². The molecule has 2 aromatic carbocycles. The van der Waals surface area contributed by atoms with Gasteiger partial charge in [0, 0.05) is 18.7 Å². The molecule has 0 aromatic heterocycles. The Bertz CT molecular complexity index is 867. The van der Waals surface area contributed by atoms with Crippen LogP contribution in [0.1, 0.15) is 12.8 Å². The summed E-state index contributed by atoms with van der Waals surface area (Å²) in [5.41, 5.74) is 1.94. The van der Waals surface area contributed by atoms with Crippen molar-refractivity contribution in [3.8, 4) is 5.75 Å². The zero-order valence-corrected chi connectivity index (χ0v) is 15.5. The quantitative estimate of drug-likeness (QED) is 0.669. The highest BCUT2D eigenvalue weighted by Gasteiger charge is 2.26. The fourth-order valence-electron chi connectivity index (χ4n) is 2.85. The van der Waals surface area contributed by atoms with Crippen LogP contribution in [-0.2, 0) is 9.59 Å². The number of benzene rings is 2. The number of rotatable bonds is 6. The van der Waals surface area contributed by atoms with Gasteiger partial charge in [0.05, 0.1) is 18.5 Å². The van der Waals surface area contributed by atoms with Gasteiger partial charge in [-0.15, -0.1) is 0 Å². The lowest BCUT2D eigenvalue weighted by Gasteiger charge is -2.29. The van der Waals surface area contributed by atoms with Gasteiger partial charge in [-0.2, -0.15) is 0 Å². The van der Waals surface area contributed by atoms with E-state index in [1.807, 2.05) is 0 Å². The molecule has 1 heterocycles. The lowest BCUT2D eigenvalue weighted by Crippen LogP contribution is -2.47. The van der Waals surface area contributed by atoms with E-state index in [9.17, 15) is 14.4 Å². The smallest absolute Gasteiger partial charge is 0.322 e. The first kappa shape index (κ1) is 19.2. The van der Waals surface area contributed by atoms with Crippen molar-refractivity contribution in [1.82, 2.24) is 5.32 Å². The predicted molar refractivity (Wildman–Crippen MR) is 107 cm³/mol. The third-order valence-electron chi connectivity index (χ3n) is 4.25. The maximum Gasteiger partial charge on any atom is 0.322 e. The van der Waals surface area contributed by atoms with Crippen LogP contribution in [0.2, 0.25) is 0 Å². The van der Waals surface area contributed by atoms with Gasteiger partial charge in [-0.25, -0.2) is 4.79 Å². The molecule has 146 valence electrons. The van der Waals surface area contributed by atoms with Crippen molar-refractivity contribution in [2.45, 2.75) is 12.8 Å². The molecule has 0 saturated carbocycles. The molecule has 8 nitrogen and oxygen atoms in total. The number of methoxy groups -OCH3 is 1. The Morgan fingerprint density at radius 3 is 2.64 bits per heavy atom. The average Bonchev–Trinajstić information content (AvgIpc) is 2.71. The predicted octanol–water partition coefficient (Wildman–Crippen LogP) is 2.58. The molecular weight excluding hydrogens is 360 g/mol. The minimum Gasteiger partial charge on any atom is -0.497 e. The average molecular weight is 382 g/mol. The van der Waals surface area contributed by atoms with E-state index in [4.69, 9.17) is 4.74 Å². The number of hydrogen-bond acceptors (Lipinski definition) is 4.